The number of para-hydroxylation sites is 2. The first-order valence-electron chi connectivity index (χ1n) is 6.91. The number of alkyl halides is 1. The summed E-state index contributed by atoms with van der Waals surface area (Å²) in [7, 11) is 0. The molecule has 0 saturated heterocycles. The molecule has 0 bridgehead atoms. The molecule has 1 aromatic heterocycles. The topological polar surface area (TPSA) is 45.8 Å². The lowest BCUT2D eigenvalue weighted by Gasteiger charge is -2.09. The number of fused-ring (bicyclic) bond motifs is 1. The van der Waals surface area contributed by atoms with E-state index in [1.165, 1.54) is 5.56 Å². The van der Waals surface area contributed by atoms with Gasteiger partial charge in [-0.1, -0.05) is 42.5 Å². The molecule has 1 atom stereocenters. The molecule has 3 nitrogen and oxygen atoms in total. The minimum Gasteiger partial charge on any atom is -0.319 e. The third-order valence-electron chi connectivity index (χ3n) is 3.45. The monoisotopic (exact) mass is 298 g/mol. The SMILES string of the molecule is O=c1[nH]c2ccccc2nc1C(Cl)CCc1ccccc1. The first-order valence-corrected chi connectivity index (χ1v) is 7.34. The number of benzene rings is 2. The molecule has 0 aliphatic heterocycles. The van der Waals surface area contributed by atoms with E-state index in [2.05, 4.69) is 22.1 Å². The van der Waals surface area contributed by atoms with E-state index in [1.807, 2.05) is 42.5 Å². The number of aryl methyl sites for hydroxylation is 1. The normalized spacial score (nSPS) is 12.4. The Bertz CT molecular complexity index is 798. The van der Waals surface area contributed by atoms with Gasteiger partial charge in [-0.3, -0.25) is 4.79 Å². The fourth-order valence-corrected chi connectivity index (χ4v) is 2.59. The quantitative estimate of drug-likeness (QED) is 0.744. The van der Waals surface area contributed by atoms with Crippen LogP contribution in [0.25, 0.3) is 11.0 Å². The number of aromatic nitrogens is 2. The molecule has 0 amide bonds. The maximum atomic E-state index is 12.1. The zero-order valence-electron chi connectivity index (χ0n) is 11.4. The maximum Gasteiger partial charge on any atom is 0.271 e. The molecule has 1 heterocycles. The molecule has 3 aromatic rings. The number of nitrogens with zero attached hydrogens (tertiary/aromatic N) is 1. The van der Waals surface area contributed by atoms with Crippen molar-refractivity contribution < 1.29 is 0 Å². The molecular weight excluding hydrogens is 284 g/mol. The van der Waals surface area contributed by atoms with Crippen LogP contribution < -0.4 is 5.56 Å². The van der Waals surface area contributed by atoms with E-state index in [-0.39, 0.29) is 5.56 Å². The summed E-state index contributed by atoms with van der Waals surface area (Å²) in [5.41, 5.74) is 2.89. The lowest BCUT2D eigenvalue weighted by Crippen LogP contribution is -2.17. The Hall–Kier alpha value is -2.13. The van der Waals surface area contributed by atoms with E-state index in [0.29, 0.717) is 12.1 Å². The average molecular weight is 299 g/mol. The maximum absolute atomic E-state index is 12.1. The Morgan fingerprint density at radius 3 is 2.57 bits per heavy atom. The van der Waals surface area contributed by atoms with Crippen molar-refractivity contribution in [3.8, 4) is 0 Å². The van der Waals surface area contributed by atoms with Crippen molar-refractivity contribution >= 4 is 22.6 Å². The molecule has 0 saturated carbocycles. The number of hydrogen-bond donors (Lipinski definition) is 1. The molecule has 0 radical (unpaired) electrons. The Morgan fingerprint density at radius 1 is 1.05 bits per heavy atom. The van der Waals surface area contributed by atoms with Crippen LogP contribution in [0.3, 0.4) is 0 Å². The predicted octanol–water partition coefficient (Wildman–Crippen LogP) is 3.84. The molecule has 0 fully saturated rings. The summed E-state index contributed by atoms with van der Waals surface area (Å²) >= 11 is 6.38. The Labute approximate surface area is 127 Å². The van der Waals surface area contributed by atoms with E-state index in [1.54, 1.807) is 0 Å². The summed E-state index contributed by atoms with van der Waals surface area (Å²) in [6.45, 7) is 0. The Balaban J connectivity index is 1.82. The van der Waals surface area contributed by atoms with Gasteiger partial charge >= 0.3 is 0 Å². The molecular formula is C17H15ClN2O. The van der Waals surface area contributed by atoms with Crippen molar-refractivity contribution in [2.75, 3.05) is 0 Å². The third kappa shape index (κ3) is 3.14. The Morgan fingerprint density at radius 2 is 1.76 bits per heavy atom. The van der Waals surface area contributed by atoms with Crippen LogP contribution in [0.15, 0.2) is 59.4 Å². The van der Waals surface area contributed by atoms with E-state index in [4.69, 9.17) is 11.6 Å². The lowest BCUT2D eigenvalue weighted by molar-refractivity contribution is 0.764. The molecule has 3 rings (SSSR count). The number of hydrogen-bond acceptors (Lipinski definition) is 2. The highest BCUT2D eigenvalue weighted by Crippen LogP contribution is 2.23. The highest BCUT2D eigenvalue weighted by Gasteiger charge is 2.15. The third-order valence-corrected chi connectivity index (χ3v) is 3.88. The van der Waals surface area contributed by atoms with Gasteiger partial charge in [0.2, 0.25) is 0 Å². The first kappa shape index (κ1) is 13.8. The van der Waals surface area contributed by atoms with Crippen LogP contribution in [0.2, 0.25) is 0 Å². The van der Waals surface area contributed by atoms with Crippen LogP contribution in [-0.4, -0.2) is 9.97 Å². The van der Waals surface area contributed by atoms with Crippen molar-refractivity contribution in [1.29, 1.82) is 0 Å². The van der Waals surface area contributed by atoms with Gasteiger partial charge in [0.25, 0.3) is 5.56 Å². The molecule has 2 aromatic carbocycles. The van der Waals surface area contributed by atoms with Crippen LogP contribution in [-0.2, 0) is 6.42 Å². The smallest absolute Gasteiger partial charge is 0.271 e. The zero-order valence-corrected chi connectivity index (χ0v) is 12.2. The van der Waals surface area contributed by atoms with Crippen molar-refractivity contribution in [2.45, 2.75) is 18.2 Å². The number of halogens is 1. The van der Waals surface area contributed by atoms with Crippen LogP contribution in [0, 0.1) is 0 Å². The zero-order chi connectivity index (χ0) is 14.7. The van der Waals surface area contributed by atoms with Gasteiger partial charge < -0.3 is 4.98 Å². The van der Waals surface area contributed by atoms with Crippen LogP contribution in [0.4, 0.5) is 0 Å². The number of nitrogens with one attached hydrogen (secondary N) is 1. The molecule has 0 spiro atoms. The summed E-state index contributed by atoms with van der Waals surface area (Å²) in [6, 6.07) is 17.6. The summed E-state index contributed by atoms with van der Waals surface area (Å²) in [4.78, 5) is 19.3. The van der Waals surface area contributed by atoms with Crippen LogP contribution >= 0.6 is 11.6 Å². The summed E-state index contributed by atoms with van der Waals surface area (Å²) in [6.07, 6.45) is 1.50. The van der Waals surface area contributed by atoms with Crippen molar-refractivity contribution in [3.05, 3.63) is 76.2 Å². The van der Waals surface area contributed by atoms with E-state index >= 15 is 0 Å². The summed E-state index contributed by atoms with van der Waals surface area (Å²) in [5, 5.41) is -0.390. The van der Waals surface area contributed by atoms with Crippen molar-refractivity contribution in [3.63, 3.8) is 0 Å². The van der Waals surface area contributed by atoms with Gasteiger partial charge in [0.1, 0.15) is 5.69 Å². The molecule has 106 valence electrons. The van der Waals surface area contributed by atoms with E-state index < -0.39 is 5.38 Å². The van der Waals surface area contributed by atoms with Gasteiger partial charge in [-0.15, -0.1) is 11.6 Å². The predicted molar refractivity (Wildman–Crippen MR) is 85.7 cm³/mol. The van der Waals surface area contributed by atoms with E-state index in [0.717, 1.165) is 17.5 Å². The summed E-state index contributed by atoms with van der Waals surface area (Å²) < 4.78 is 0. The molecule has 21 heavy (non-hydrogen) atoms. The van der Waals surface area contributed by atoms with Gasteiger partial charge in [0.05, 0.1) is 16.4 Å². The van der Waals surface area contributed by atoms with Crippen molar-refractivity contribution in [1.82, 2.24) is 9.97 Å². The lowest BCUT2D eigenvalue weighted by atomic mass is 10.1. The van der Waals surface area contributed by atoms with Crippen molar-refractivity contribution in [2.24, 2.45) is 0 Å². The van der Waals surface area contributed by atoms with Crippen LogP contribution in [0.5, 0.6) is 0 Å². The Kier molecular flexibility index (Phi) is 4.02. The minimum absolute atomic E-state index is 0.207. The van der Waals surface area contributed by atoms with Gasteiger partial charge in [-0.05, 0) is 30.5 Å². The molecule has 0 aliphatic carbocycles. The number of rotatable bonds is 4. The van der Waals surface area contributed by atoms with Crippen LogP contribution in [0.1, 0.15) is 23.1 Å². The van der Waals surface area contributed by atoms with Gasteiger partial charge in [-0.2, -0.15) is 0 Å². The standard InChI is InChI=1S/C17H15ClN2O/c18-13(11-10-12-6-2-1-3-7-12)16-17(21)20-15-9-5-4-8-14(15)19-16/h1-9,13H,10-11H2,(H,20,21). The highest BCUT2D eigenvalue weighted by atomic mass is 35.5. The molecule has 1 unspecified atom stereocenters. The second-order valence-corrected chi connectivity index (χ2v) is 5.49. The van der Waals surface area contributed by atoms with E-state index in [9.17, 15) is 4.79 Å². The fraction of sp³-hybridized carbons (Fsp3) is 0.176. The largest absolute Gasteiger partial charge is 0.319 e. The minimum atomic E-state index is -0.390. The average Bonchev–Trinajstić information content (AvgIpc) is 2.53. The highest BCUT2D eigenvalue weighted by molar-refractivity contribution is 6.20. The molecule has 0 aliphatic rings. The molecule has 4 heteroatoms. The molecule has 1 N–H and O–H groups in total. The van der Waals surface area contributed by atoms with Gasteiger partial charge in [0.15, 0.2) is 0 Å². The second-order valence-electron chi connectivity index (χ2n) is 4.96. The fourth-order valence-electron chi connectivity index (χ4n) is 2.33. The van der Waals surface area contributed by atoms with Gasteiger partial charge in [0, 0.05) is 0 Å². The summed E-state index contributed by atoms with van der Waals surface area (Å²) in [5.74, 6) is 0. The second kappa shape index (κ2) is 6.10. The first-order chi connectivity index (χ1) is 10.2. The number of H-pyrrole nitrogens is 1. The van der Waals surface area contributed by atoms with Gasteiger partial charge in [-0.25, -0.2) is 4.98 Å². The number of aromatic amines is 1.